The number of nitrogens with zero attached hydrogens (tertiary/aromatic N) is 3. The van der Waals surface area contributed by atoms with Gasteiger partial charge in [0.2, 0.25) is 0 Å². The lowest BCUT2D eigenvalue weighted by molar-refractivity contribution is 0.996. The fourth-order valence-electron chi connectivity index (χ4n) is 1.01. The number of rotatable bonds is 4. The van der Waals surface area contributed by atoms with E-state index in [1.165, 1.54) is 0 Å². The molecule has 0 aliphatic heterocycles. The molecule has 0 heterocycles. The molecule has 0 radical (unpaired) electrons. The molecule has 0 N–H and O–H groups in total. The van der Waals surface area contributed by atoms with Gasteiger partial charge in [0, 0.05) is 15.9 Å². The summed E-state index contributed by atoms with van der Waals surface area (Å²) in [6.07, 6.45) is 4.67. The Balaban J connectivity index is 2.56. The van der Waals surface area contributed by atoms with E-state index < -0.39 is 0 Å². The molecule has 78 valence electrons. The maximum atomic E-state index is 8.06. The van der Waals surface area contributed by atoms with E-state index in [0.717, 1.165) is 16.5 Å². The van der Waals surface area contributed by atoms with Crippen molar-refractivity contribution in [3.05, 3.63) is 49.8 Å². The first-order valence-corrected chi connectivity index (χ1v) is 5.53. The minimum absolute atomic E-state index is 0.488. The van der Waals surface area contributed by atoms with Crippen LogP contribution < -0.4 is 0 Å². The van der Waals surface area contributed by atoms with Gasteiger partial charge in [-0.15, -0.1) is 0 Å². The number of benzene rings is 1. The highest BCUT2D eigenvalue weighted by Crippen LogP contribution is 2.23. The van der Waals surface area contributed by atoms with Crippen LogP contribution in [0.2, 0.25) is 5.02 Å². The summed E-state index contributed by atoms with van der Waals surface area (Å²) < 4.78 is 0.876. The minimum atomic E-state index is 0.488. The zero-order chi connectivity index (χ0) is 11.1. The van der Waals surface area contributed by atoms with Crippen molar-refractivity contribution in [3.8, 4) is 0 Å². The van der Waals surface area contributed by atoms with Crippen molar-refractivity contribution in [2.24, 2.45) is 5.11 Å². The summed E-state index contributed by atoms with van der Waals surface area (Å²) in [5, 5.41) is 4.13. The third kappa shape index (κ3) is 4.38. The smallest absolute Gasteiger partial charge is 0.0548 e. The topological polar surface area (TPSA) is 48.8 Å². The molecule has 0 spiro atoms. The van der Waals surface area contributed by atoms with Crippen LogP contribution in [0.1, 0.15) is 12.0 Å². The van der Waals surface area contributed by atoms with E-state index in [-0.39, 0.29) is 0 Å². The van der Waals surface area contributed by atoms with Gasteiger partial charge in [-0.25, -0.2) is 0 Å². The fraction of sp³-hybridized carbons (Fsp3) is 0.200. The van der Waals surface area contributed by atoms with Crippen molar-refractivity contribution in [1.29, 1.82) is 0 Å². The Morgan fingerprint density at radius 3 is 3.00 bits per heavy atom. The molecule has 1 rings (SSSR count). The third-order valence-electron chi connectivity index (χ3n) is 1.71. The van der Waals surface area contributed by atoms with Crippen LogP contribution in [-0.4, -0.2) is 6.54 Å². The highest BCUT2D eigenvalue weighted by molar-refractivity contribution is 9.10. The molecule has 0 aromatic heterocycles. The van der Waals surface area contributed by atoms with E-state index in [2.05, 4.69) is 26.0 Å². The molecule has 3 nitrogen and oxygen atoms in total. The predicted octanol–water partition coefficient (Wildman–Crippen LogP) is 4.82. The van der Waals surface area contributed by atoms with Gasteiger partial charge in [-0.2, -0.15) is 0 Å². The Hall–Kier alpha value is -0.960. The maximum Gasteiger partial charge on any atom is 0.0548 e. The minimum Gasteiger partial charge on any atom is -0.0937 e. The summed E-state index contributed by atoms with van der Waals surface area (Å²) in [5.74, 6) is 0. The van der Waals surface area contributed by atoms with Crippen LogP contribution in [0.25, 0.3) is 16.5 Å². The van der Waals surface area contributed by atoms with E-state index in [1.54, 1.807) is 0 Å². The second-order valence-electron chi connectivity index (χ2n) is 2.82. The molecule has 0 fully saturated rings. The summed E-state index contributed by atoms with van der Waals surface area (Å²) in [5.41, 5.74) is 9.13. The number of hydrogen-bond acceptors (Lipinski definition) is 1. The Morgan fingerprint density at radius 2 is 2.33 bits per heavy atom. The Kier molecular flexibility index (Phi) is 5.26. The molecule has 0 unspecified atom stereocenters. The van der Waals surface area contributed by atoms with Crippen LogP contribution in [0.5, 0.6) is 0 Å². The molecule has 1 aromatic carbocycles. The van der Waals surface area contributed by atoms with E-state index in [4.69, 9.17) is 17.1 Å². The van der Waals surface area contributed by atoms with Crippen molar-refractivity contribution in [2.75, 3.05) is 6.54 Å². The van der Waals surface area contributed by atoms with Crippen molar-refractivity contribution in [1.82, 2.24) is 0 Å². The maximum absolute atomic E-state index is 8.06. The predicted molar refractivity (Wildman–Crippen MR) is 66.8 cm³/mol. The van der Waals surface area contributed by atoms with Gasteiger partial charge in [0.1, 0.15) is 0 Å². The molecule has 15 heavy (non-hydrogen) atoms. The Bertz CT molecular complexity index is 411. The molecule has 0 atom stereocenters. The Labute approximate surface area is 102 Å². The van der Waals surface area contributed by atoms with Gasteiger partial charge in [0.05, 0.1) is 5.02 Å². The van der Waals surface area contributed by atoms with Crippen LogP contribution in [0.4, 0.5) is 0 Å². The van der Waals surface area contributed by atoms with Crippen molar-refractivity contribution in [3.63, 3.8) is 0 Å². The van der Waals surface area contributed by atoms with Gasteiger partial charge in [-0.3, -0.25) is 0 Å². The van der Waals surface area contributed by atoms with Gasteiger partial charge >= 0.3 is 0 Å². The monoisotopic (exact) mass is 285 g/mol. The summed E-state index contributed by atoms with van der Waals surface area (Å²) in [6.45, 7) is 0.488. The van der Waals surface area contributed by atoms with E-state index in [1.807, 2.05) is 30.4 Å². The summed E-state index contributed by atoms with van der Waals surface area (Å²) in [7, 11) is 0. The fourth-order valence-corrected chi connectivity index (χ4v) is 1.53. The van der Waals surface area contributed by atoms with E-state index in [0.29, 0.717) is 11.6 Å². The number of azide groups is 1. The summed E-state index contributed by atoms with van der Waals surface area (Å²) in [4.78, 5) is 2.67. The highest BCUT2D eigenvalue weighted by atomic mass is 79.9. The third-order valence-corrected chi connectivity index (χ3v) is 2.93. The van der Waals surface area contributed by atoms with Gasteiger partial charge in [0.25, 0.3) is 0 Å². The van der Waals surface area contributed by atoms with Gasteiger partial charge in [-0.1, -0.05) is 34.9 Å². The van der Waals surface area contributed by atoms with E-state index >= 15 is 0 Å². The van der Waals surface area contributed by atoms with Crippen LogP contribution in [0.15, 0.2) is 33.9 Å². The number of halogens is 2. The normalized spacial score (nSPS) is 10.3. The molecule has 1 aromatic rings. The molecule has 0 aliphatic carbocycles. The number of hydrogen-bond donors (Lipinski definition) is 0. The lowest BCUT2D eigenvalue weighted by Gasteiger charge is -1.97. The molecular weight excluding hydrogens is 277 g/mol. The van der Waals surface area contributed by atoms with Crippen molar-refractivity contribution < 1.29 is 0 Å². The molecule has 0 amide bonds. The first-order chi connectivity index (χ1) is 7.24. The first-order valence-electron chi connectivity index (χ1n) is 4.36. The van der Waals surface area contributed by atoms with Crippen molar-refractivity contribution >= 4 is 33.6 Å². The molecular formula is C10H9BrClN3. The molecule has 0 saturated heterocycles. The Morgan fingerprint density at radius 1 is 1.53 bits per heavy atom. The van der Waals surface area contributed by atoms with E-state index in [9.17, 15) is 0 Å². The average Bonchev–Trinajstić information content (AvgIpc) is 2.23. The second-order valence-corrected chi connectivity index (χ2v) is 4.08. The van der Waals surface area contributed by atoms with Crippen LogP contribution in [0.3, 0.4) is 0 Å². The summed E-state index contributed by atoms with van der Waals surface area (Å²) in [6, 6.07) is 5.70. The standard InChI is InChI=1S/C10H9BrClN3/c11-9-7-8(4-5-10(9)12)3-1-2-6-14-15-13/h1,3-5,7H,2,6H2. The summed E-state index contributed by atoms with van der Waals surface area (Å²) >= 11 is 9.20. The zero-order valence-electron chi connectivity index (χ0n) is 7.90. The van der Waals surface area contributed by atoms with Crippen LogP contribution in [0, 0.1) is 0 Å². The quantitative estimate of drug-likeness (QED) is 0.330. The lowest BCUT2D eigenvalue weighted by Crippen LogP contribution is -1.76. The largest absolute Gasteiger partial charge is 0.0937 e. The van der Waals surface area contributed by atoms with Gasteiger partial charge in [0.15, 0.2) is 0 Å². The first kappa shape index (κ1) is 12.1. The molecule has 0 saturated carbocycles. The lowest BCUT2D eigenvalue weighted by atomic mass is 10.2. The molecule has 0 aliphatic rings. The van der Waals surface area contributed by atoms with Gasteiger partial charge in [-0.05, 0) is 45.6 Å². The van der Waals surface area contributed by atoms with Crippen LogP contribution >= 0.6 is 27.5 Å². The average molecular weight is 287 g/mol. The SMILES string of the molecule is [N-]=[N+]=NCCC=Cc1ccc(Cl)c(Br)c1. The van der Waals surface area contributed by atoms with Crippen LogP contribution in [-0.2, 0) is 0 Å². The van der Waals surface area contributed by atoms with Crippen molar-refractivity contribution in [2.45, 2.75) is 6.42 Å². The molecule has 5 heteroatoms. The molecule has 0 bridgehead atoms. The highest BCUT2D eigenvalue weighted by Gasteiger charge is 1.95. The second kappa shape index (κ2) is 6.51. The zero-order valence-corrected chi connectivity index (χ0v) is 10.2. The van der Waals surface area contributed by atoms with Gasteiger partial charge < -0.3 is 0 Å².